The number of rotatable bonds is 3. The lowest BCUT2D eigenvalue weighted by atomic mass is 10.1. The minimum atomic E-state index is -4.47. The number of aryl methyl sites for hydroxylation is 1. The summed E-state index contributed by atoms with van der Waals surface area (Å²) in [5, 5.41) is 0.545. The molecule has 2 aromatic carbocycles. The lowest BCUT2D eigenvalue weighted by Gasteiger charge is -2.15. The van der Waals surface area contributed by atoms with Gasteiger partial charge in [0.15, 0.2) is 0 Å². The topological polar surface area (TPSA) is 35.2 Å². The summed E-state index contributed by atoms with van der Waals surface area (Å²) in [5.74, 6) is 0.490. The van der Waals surface area contributed by atoms with Gasteiger partial charge in [-0.3, -0.25) is 0 Å². The third-order valence-electron chi connectivity index (χ3n) is 2.96. The molecule has 0 saturated carbocycles. The summed E-state index contributed by atoms with van der Waals surface area (Å²) in [6.45, 7) is 1.58. The van der Waals surface area contributed by atoms with E-state index in [1.165, 1.54) is 12.1 Å². The van der Waals surface area contributed by atoms with Crippen LogP contribution in [0.3, 0.4) is 0 Å². The maximum atomic E-state index is 13.0. The average molecular weight is 316 g/mol. The van der Waals surface area contributed by atoms with E-state index in [-0.39, 0.29) is 17.9 Å². The second kappa shape index (κ2) is 5.85. The highest BCUT2D eigenvalue weighted by Gasteiger charge is 2.33. The van der Waals surface area contributed by atoms with Crippen LogP contribution in [0, 0.1) is 6.92 Å². The molecule has 0 atom stereocenters. The molecule has 0 amide bonds. The molecule has 21 heavy (non-hydrogen) atoms. The van der Waals surface area contributed by atoms with Gasteiger partial charge in [0, 0.05) is 16.3 Å². The number of hydrogen-bond donors (Lipinski definition) is 1. The maximum absolute atomic E-state index is 13.0. The Morgan fingerprint density at radius 3 is 2.48 bits per heavy atom. The maximum Gasteiger partial charge on any atom is 0.416 e. The molecule has 0 radical (unpaired) electrons. The van der Waals surface area contributed by atoms with Crippen molar-refractivity contribution in [3.63, 3.8) is 0 Å². The standard InChI is InChI=1S/C15H13ClF3NO/c1-9-6-11(16)3-5-14(9)21-8-10-2-4-12(20)7-13(10)15(17,18)19/h2-7H,8,20H2,1H3. The predicted octanol–water partition coefficient (Wildman–Crippen LogP) is 4.83. The summed E-state index contributed by atoms with van der Waals surface area (Å²) < 4.78 is 44.3. The van der Waals surface area contributed by atoms with E-state index >= 15 is 0 Å². The fourth-order valence-electron chi connectivity index (χ4n) is 1.91. The van der Waals surface area contributed by atoms with Crippen molar-refractivity contribution in [2.45, 2.75) is 19.7 Å². The number of nitrogen functional groups attached to an aromatic ring is 1. The molecule has 0 heterocycles. The third kappa shape index (κ3) is 3.82. The van der Waals surface area contributed by atoms with Gasteiger partial charge in [0.05, 0.1) is 5.56 Å². The number of nitrogens with two attached hydrogens (primary N) is 1. The molecule has 0 aromatic heterocycles. The minimum Gasteiger partial charge on any atom is -0.489 e. The monoisotopic (exact) mass is 315 g/mol. The quantitative estimate of drug-likeness (QED) is 0.823. The van der Waals surface area contributed by atoms with Crippen LogP contribution in [0.4, 0.5) is 18.9 Å². The Morgan fingerprint density at radius 1 is 1.14 bits per heavy atom. The number of hydrogen-bond acceptors (Lipinski definition) is 2. The summed E-state index contributed by atoms with van der Waals surface area (Å²) in [6.07, 6.45) is -4.47. The second-order valence-corrected chi connectivity index (χ2v) is 5.05. The van der Waals surface area contributed by atoms with Gasteiger partial charge in [-0.25, -0.2) is 0 Å². The predicted molar refractivity (Wildman–Crippen MR) is 76.4 cm³/mol. The minimum absolute atomic E-state index is 0.0334. The lowest BCUT2D eigenvalue weighted by molar-refractivity contribution is -0.138. The van der Waals surface area contributed by atoms with Crippen molar-refractivity contribution in [2.75, 3.05) is 5.73 Å². The number of anilines is 1. The van der Waals surface area contributed by atoms with Crippen LogP contribution in [-0.2, 0) is 12.8 Å². The van der Waals surface area contributed by atoms with E-state index < -0.39 is 11.7 Å². The van der Waals surface area contributed by atoms with Crippen LogP contribution < -0.4 is 10.5 Å². The molecular weight excluding hydrogens is 303 g/mol. The van der Waals surface area contributed by atoms with Crippen molar-refractivity contribution in [2.24, 2.45) is 0 Å². The lowest BCUT2D eigenvalue weighted by Crippen LogP contribution is -2.11. The molecule has 0 fully saturated rings. The van der Waals surface area contributed by atoms with E-state index in [2.05, 4.69) is 0 Å². The van der Waals surface area contributed by atoms with Gasteiger partial charge < -0.3 is 10.5 Å². The van der Waals surface area contributed by atoms with Gasteiger partial charge in [0.25, 0.3) is 0 Å². The largest absolute Gasteiger partial charge is 0.489 e. The normalized spacial score (nSPS) is 11.5. The molecule has 0 aliphatic carbocycles. The highest BCUT2D eigenvalue weighted by Crippen LogP contribution is 2.34. The Hall–Kier alpha value is -1.88. The molecule has 2 nitrogen and oxygen atoms in total. The van der Waals surface area contributed by atoms with E-state index in [0.717, 1.165) is 11.6 Å². The molecule has 0 aliphatic rings. The number of alkyl halides is 3. The molecule has 0 aliphatic heterocycles. The van der Waals surface area contributed by atoms with Crippen LogP contribution in [0.2, 0.25) is 5.02 Å². The van der Waals surface area contributed by atoms with Crippen LogP contribution in [0.5, 0.6) is 5.75 Å². The first-order chi connectivity index (χ1) is 9.77. The molecule has 6 heteroatoms. The van der Waals surface area contributed by atoms with Gasteiger partial charge in [-0.2, -0.15) is 13.2 Å². The van der Waals surface area contributed by atoms with Crippen LogP contribution >= 0.6 is 11.6 Å². The van der Waals surface area contributed by atoms with Crippen molar-refractivity contribution in [1.82, 2.24) is 0 Å². The van der Waals surface area contributed by atoms with Crippen LogP contribution in [0.1, 0.15) is 16.7 Å². The Kier molecular flexibility index (Phi) is 4.32. The fraction of sp³-hybridized carbons (Fsp3) is 0.200. The van der Waals surface area contributed by atoms with Gasteiger partial charge in [-0.15, -0.1) is 0 Å². The van der Waals surface area contributed by atoms with Gasteiger partial charge in [-0.1, -0.05) is 17.7 Å². The zero-order valence-corrected chi connectivity index (χ0v) is 11.9. The summed E-state index contributed by atoms with van der Waals surface area (Å²) in [7, 11) is 0. The van der Waals surface area contributed by atoms with Crippen molar-refractivity contribution in [1.29, 1.82) is 0 Å². The number of ether oxygens (including phenoxy) is 1. The first-order valence-electron chi connectivity index (χ1n) is 6.12. The molecule has 2 aromatic rings. The van der Waals surface area contributed by atoms with E-state index in [9.17, 15) is 13.2 Å². The highest BCUT2D eigenvalue weighted by molar-refractivity contribution is 6.30. The van der Waals surface area contributed by atoms with Gasteiger partial charge in [0.1, 0.15) is 12.4 Å². The van der Waals surface area contributed by atoms with E-state index in [4.69, 9.17) is 22.1 Å². The molecule has 0 spiro atoms. The second-order valence-electron chi connectivity index (χ2n) is 4.61. The van der Waals surface area contributed by atoms with E-state index in [1.807, 2.05) is 0 Å². The van der Waals surface area contributed by atoms with Crippen LogP contribution in [0.15, 0.2) is 36.4 Å². The van der Waals surface area contributed by atoms with Crippen LogP contribution in [-0.4, -0.2) is 0 Å². The first kappa shape index (κ1) is 15.5. The molecule has 2 N–H and O–H groups in total. The van der Waals surface area contributed by atoms with E-state index in [1.54, 1.807) is 25.1 Å². The van der Waals surface area contributed by atoms with Crippen molar-refractivity contribution < 1.29 is 17.9 Å². The number of benzene rings is 2. The number of halogens is 4. The van der Waals surface area contributed by atoms with E-state index in [0.29, 0.717) is 10.8 Å². The Balaban J connectivity index is 2.24. The van der Waals surface area contributed by atoms with Crippen molar-refractivity contribution >= 4 is 17.3 Å². The summed E-state index contributed by atoms with van der Waals surface area (Å²) in [4.78, 5) is 0. The summed E-state index contributed by atoms with van der Waals surface area (Å²) in [5.41, 5.74) is 5.49. The fourth-order valence-corrected chi connectivity index (χ4v) is 2.14. The third-order valence-corrected chi connectivity index (χ3v) is 3.19. The summed E-state index contributed by atoms with van der Waals surface area (Å²) >= 11 is 5.82. The first-order valence-corrected chi connectivity index (χ1v) is 6.49. The average Bonchev–Trinajstić information content (AvgIpc) is 2.38. The molecule has 2 rings (SSSR count). The Labute approximate surface area is 125 Å². The summed E-state index contributed by atoms with van der Waals surface area (Å²) in [6, 6.07) is 8.59. The zero-order chi connectivity index (χ0) is 15.6. The van der Waals surface area contributed by atoms with Gasteiger partial charge in [-0.05, 0) is 42.8 Å². The SMILES string of the molecule is Cc1cc(Cl)ccc1OCc1ccc(N)cc1C(F)(F)F. The van der Waals surface area contributed by atoms with Gasteiger partial charge >= 0.3 is 6.18 Å². The van der Waals surface area contributed by atoms with Crippen molar-refractivity contribution in [3.05, 3.63) is 58.1 Å². The smallest absolute Gasteiger partial charge is 0.416 e. The van der Waals surface area contributed by atoms with Crippen LogP contribution in [0.25, 0.3) is 0 Å². The molecule has 0 saturated heterocycles. The van der Waals surface area contributed by atoms with Gasteiger partial charge in [0.2, 0.25) is 0 Å². The molecule has 112 valence electrons. The Morgan fingerprint density at radius 2 is 1.86 bits per heavy atom. The molecular formula is C15H13ClF3NO. The molecule has 0 bridgehead atoms. The Bertz CT molecular complexity index is 656. The zero-order valence-electron chi connectivity index (χ0n) is 11.2. The molecule has 0 unspecified atom stereocenters. The van der Waals surface area contributed by atoms with Crippen molar-refractivity contribution in [3.8, 4) is 5.75 Å². The highest BCUT2D eigenvalue weighted by atomic mass is 35.5.